The highest BCUT2D eigenvalue weighted by Gasteiger charge is 2.19. The summed E-state index contributed by atoms with van der Waals surface area (Å²) in [6, 6.07) is 9.17. The highest BCUT2D eigenvalue weighted by atomic mass is 32.2. The molecule has 0 saturated heterocycles. The zero-order chi connectivity index (χ0) is 19.4. The molecule has 0 saturated carbocycles. The van der Waals surface area contributed by atoms with Gasteiger partial charge in [-0.2, -0.15) is 0 Å². The van der Waals surface area contributed by atoms with E-state index in [2.05, 4.69) is 22.2 Å². The molecule has 1 N–H and O–H groups in total. The zero-order valence-electron chi connectivity index (χ0n) is 15.5. The van der Waals surface area contributed by atoms with Crippen molar-refractivity contribution in [2.24, 2.45) is 0 Å². The number of amides is 1. The van der Waals surface area contributed by atoms with Crippen LogP contribution in [0.15, 0.2) is 41.7 Å². The molecular weight excluding hydrogens is 378 g/mol. The topological polar surface area (TPSA) is 72.0 Å². The molecule has 27 heavy (non-hydrogen) atoms. The Hall–Kier alpha value is -2.25. The second kappa shape index (κ2) is 8.63. The van der Waals surface area contributed by atoms with Gasteiger partial charge in [-0.05, 0) is 38.3 Å². The molecular formula is C20H21N3O2S2. The molecule has 1 atom stereocenters. The van der Waals surface area contributed by atoms with E-state index < -0.39 is 6.04 Å². The number of thioether (sulfide) groups is 1. The monoisotopic (exact) mass is 399 g/mol. The predicted octanol–water partition coefficient (Wildman–Crippen LogP) is 3.72. The lowest BCUT2D eigenvalue weighted by molar-refractivity contribution is -0.125. The van der Waals surface area contributed by atoms with Gasteiger partial charge in [0.25, 0.3) is 0 Å². The summed E-state index contributed by atoms with van der Waals surface area (Å²) >= 11 is 3.01. The minimum atomic E-state index is -0.518. The van der Waals surface area contributed by atoms with E-state index in [1.54, 1.807) is 11.3 Å². The van der Waals surface area contributed by atoms with Crippen LogP contribution in [0.4, 0.5) is 0 Å². The molecule has 5 nitrogen and oxygen atoms in total. The van der Waals surface area contributed by atoms with E-state index in [9.17, 15) is 9.59 Å². The quantitative estimate of drug-likeness (QED) is 0.484. The van der Waals surface area contributed by atoms with Crippen molar-refractivity contribution < 1.29 is 9.59 Å². The lowest BCUT2D eigenvalue weighted by atomic mass is 10.0. The van der Waals surface area contributed by atoms with Crippen LogP contribution in [0.3, 0.4) is 0 Å². The van der Waals surface area contributed by atoms with Crippen molar-refractivity contribution in [2.75, 3.05) is 5.75 Å². The number of aromatic nitrogens is 2. The number of thiophene rings is 1. The minimum absolute atomic E-state index is 0.0501. The van der Waals surface area contributed by atoms with Crippen molar-refractivity contribution in [3.63, 3.8) is 0 Å². The first-order valence-electron chi connectivity index (χ1n) is 8.63. The maximum Gasteiger partial charge on any atom is 0.231 e. The van der Waals surface area contributed by atoms with Crippen LogP contribution < -0.4 is 5.32 Å². The molecule has 1 aromatic carbocycles. The van der Waals surface area contributed by atoms with E-state index in [-0.39, 0.29) is 17.4 Å². The Morgan fingerprint density at radius 2 is 1.93 bits per heavy atom. The minimum Gasteiger partial charge on any atom is -0.345 e. The van der Waals surface area contributed by atoms with Crippen molar-refractivity contribution in [1.29, 1.82) is 0 Å². The summed E-state index contributed by atoms with van der Waals surface area (Å²) in [4.78, 5) is 35.2. The largest absolute Gasteiger partial charge is 0.345 e. The first-order chi connectivity index (χ1) is 13.0. The molecule has 0 unspecified atom stereocenters. The number of nitrogens with zero attached hydrogens (tertiary/aromatic N) is 2. The first-order valence-corrected chi connectivity index (χ1v) is 10.4. The summed E-state index contributed by atoms with van der Waals surface area (Å²) in [5, 5.41) is 4.68. The molecule has 3 rings (SSSR count). The van der Waals surface area contributed by atoms with Gasteiger partial charge in [0.1, 0.15) is 16.2 Å². The highest BCUT2D eigenvalue weighted by Crippen LogP contribution is 2.34. The fraction of sp³-hybridized carbons (Fsp3) is 0.300. The number of carbonyl (C=O) groups is 2. The summed E-state index contributed by atoms with van der Waals surface area (Å²) in [6.45, 7) is 5.61. The van der Waals surface area contributed by atoms with Crippen LogP contribution in [0.25, 0.3) is 10.2 Å². The van der Waals surface area contributed by atoms with Gasteiger partial charge in [-0.3, -0.25) is 9.59 Å². The molecule has 0 aliphatic carbocycles. The Balaban J connectivity index is 1.66. The fourth-order valence-electron chi connectivity index (χ4n) is 2.78. The van der Waals surface area contributed by atoms with Crippen molar-refractivity contribution in [3.05, 3.63) is 52.7 Å². The van der Waals surface area contributed by atoms with Gasteiger partial charge in [-0.25, -0.2) is 9.97 Å². The van der Waals surface area contributed by atoms with E-state index in [4.69, 9.17) is 0 Å². The first kappa shape index (κ1) is 19.5. The SMILES string of the molecule is CC(=O)[C@H](Cc1ccccc1)NC(=O)CSc1ncnc2sc(C)c(C)c12. The third-order valence-corrected chi connectivity index (χ3v) is 6.48. The molecule has 140 valence electrons. The lowest BCUT2D eigenvalue weighted by Gasteiger charge is -2.16. The average Bonchev–Trinajstić information content (AvgIpc) is 2.95. The molecule has 3 aromatic rings. The average molecular weight is 400 g/mol. The number of hydrogen-bond acceptors (Lipinski definition) is 6. The fourth-order valence-corrected chi connectivity index (χ4v) is 4.70. The second-order valence-electron chi connectivity index (χ2n) is 6.35. The number of aryl methyl sites for hydroxylation is 2. The summed E-state index contributed by atoms with van der Waals surface area (Å²) in [7, 11) is 0. The van der Waals surface area contributed by atoms with Gasteiger partial charge >= 0.3 is 0 Å². The number of nitrogens with one attached hydrogen (secondary N) is 1. The van der Waals surface area contributed by atoms with Crippen LogP contribution in [0.1, 0.15) is 22.9 Å². The van der Waals surface area contributed by atoms with Crippen molar-refractivity contribution in [1.82, 2.24) is 15.3 Å². The van der Waals surface area contributed by atoms with Gasteiger partial charge in [0.2, 0.25) is 5.91 Å². The summed E-state index contributed by atoms with van der Waals surface area (Å²) < 4.78 is 0. The Morgan fingerprint density at radius 3 is 2.63 bits per heavy atom. The van der Waals surface area contributed by atoms with E-state index in [0.717, 1.165) is 26.4 Å². The van der Waals surface area contributed by atoms with Gasteiger partial charge < -0.3 is 5.32 Å². The molecule has 0 spiro atoms. The van der Waals surface area contributed by atoms with Crippen LogP contribution in [-0.4, -0.2) is 33.5 Å². The number of fused-ring (bicyclic) bond motifs is 1. The smallest absolute Gasteiger partial charge is 0.231 e. The number of Topliss-reactive ketones (excluding diaryl/α,β-unsaturated/α-hetero) is 1. The number of hydrogen-bond donors (Lipinski definition) is 1. The molecule has 7 heteroatoms. The Morgan fingerprint density at radius 1 is 1.19 bits per heavy atom. The van der Waals surface area contributed by atoms with Crippen molar-refractivity contribution >= 4 is 45.0 Å². The van der Waals surface area contributed by atoms with Gasteiger partial charge in [-0.1, -0.05) is 42.1 Å². The molecule has 2 aromatic heterocycles. The maximum atomic E-state index is 12.4. The van der Waals surface area contributed by atoms with Crippen LogP contribution in [0.5, 0.6) is 0 Å². The van der Waals surface area contributed by atoms with E-state index in [1.807, 2.05) is 37.3 Å². The molecule has 0 bridgehead atoms. The van der Waals surface area contributed by atoms with E-state index >= 15 is 0 Å². The van der Waals surface area contributed by atoms with Crippen molar-refractivity contribution in [3.8, 4) is 0 Å². The van der Waals surface area contributed by atoms with Gasteiger partial charge in [-0.15, -0.1) is 11.3 Å². The third kappa shape index (κ3) is 4.73. The van der Waals surface area contributed by atoms with E-state index in [1.165, 1.54) is 29.9 Å². The summed E-state index contributed by atoms with van der Waals surface area (Å²) in [5.74, 6) is -0.0163. The molecule has 0 aliphatic rings. The third-order valence-electron chi connectivity index (χ3n) is 4.38. The number of carbonyl (C=O) groups excluding carboxylic acids is 2. The Kier molecular flexibility index (Phi) is 6.23. The molecule has 0 aliphatic heterocycles. The van der Waals surface area contributed by atoms with Crippen LogP contribution in [-0.2, 0) is 16.0 Å². The standard InChI is InChI=1S/C20H21N3O2S2/c1-12-14(3)27-20-18(12)19(21-11-22-20)26-10-17(25)23-16(13(2)24)9-15-7-5-4-6-8-15/h4-8,11,16H,9-10H2,1-3H3,(H,23,25)/t16-/m0/s1. The highest BCUT2D eigenvalue weighted by molar-refractivity contribution is 8.00. The molecule has 0 fully saturated rings. The van der Waals surface area contributed by atoms with Crippen LogP contribution in [0, 0.1) is 13.8 Å². The molecule has 1 amide bonds. The molecule has 2 heterocycles. The lowest BCUT2D eigenvalue weighted by Crippen LogP contribution is -2.42. The Bertz CT molecular complexity index is 970. The van der Waals surface area contributed by atoms with Crippen LogP contribution in [0.2, 0.25) is 0 Å². The van der Waals surface area contributed by atoms with Crippen molar-refractivity contribution in [2.45, 2.75) is 38.3 Å². The zero-order valence-corrected chi connectivity index (χ0v) is 17.1. The second-order valence-corrected chi connectivity index (χ2v) is 8.52. The van der Waals surface area contributed by atoms with Gasteiger partial charge in [0.15, 0.2) is 5.78 Å². The number of benzene rings is 1. The van der Waals surface area contributed by atoms with Gasteiger partial charge in [0, 0.05) is 10.3 Å². The Labute approximate surface area is 166 Å². The summed E-state index contributed by atoms with van der Waals surface area (Å²) in [5.41, 5.74) is 2.18. The van der Waals surface area contributed by atoms with Crippen LogP contribution >= 0.6 is 23.1 Å². The maximum absolute atomic E-state index is 12.4. The predicted molar refractivity (Wildman–Crippen MR) is 110 cm³/mol. The van der Waals surface area contributed by atoms with E-state index in [0.29, 0.717) is 6.42 Å². The number of ketones is 1. The van der Waals surface area contributed by atoms with Gasteiger partial charge in [0.05, 0.1) is 11.8 Å². The normalized spacial score (nSPS) is 12.1. The summed E-state index contributed by atoms with van der Waals surface area (Å²) in [6.07, 6.45) is 2.03. The molecule has 0 radical (unpaired) electrons. The number of rotatable bonds is 7.